The zero-order chi connectivity index (χ0) is 20.0. The molecule has 0 aliphatic heterocycles. The minimum absolute atomic E-state index is 0.0839. The van der Waals surface area contributed by atoms with Crippen LogP contribution >= 0.6 is 23.2 Å². The summed E-state index contributed by atoms with van der Waals surface area (Å²) in [5.41, 5.74) is 0.277. The van der Waals surface area contributed by atoms with E-state index in [2.05, 4.69) is 5.10 Å². The largest absolute Gasteiger partial charge is 0.350 e. The molecule has 0 atom stereocenters. The number of hydrogen-bond acceptors (Lipinski definition) is 3. The lowest BCUT2D eigenvalue weighted by atomic mass is 10.2. The van der Waals surface area contributed by atoms with Crippen LogP contribution in [-0.2, 0) is 6.54 Å². The SMILES string of the molecule is Cc1c(Cl)cccc1-n1ccn2c(=O)n(Cc3c(F)cccc3Cl)nc2c1=O. The lowest BCUT2D eigenvalue weighted by molar-refractivity contribution is 0.578. The van der Waals surface area contributed by atoms with E-state index < -0.39 is 17.1 Å². The van der Waals surface area contributed by atoms with Crippen molar-refractivity contribution in [1.29, 1.82) is 0 Å². The molecule has 2 heterocycles. The number of rotatable bonds is 3. The predicted octanol–water partition coefficient (Wildman–Crippen LogP) is 3.45. The molecule has 0 saturated carbocycles. The molecule has 28 heavy (non-hydrogen) atoms. The van der Waals surface area contributed by atoms with Crippen LogP contribution < -0.4 is 11.2 Å². The Bertz CT molecular complexity index is 1320. The Kier molecular flexibility index (Phi) is 4.56. The maximum absolute atomic E-state index is 14.1. The van der Waals surface area contributed by atoms with Gasteiger partial charge in [0.25, 0.3) is 0 Å². The zero-order valence-electron chi connectivity index (χ0n) is 14.6. The van der Waals surface area contributed by atoms with E-state index in [-0.39, 0.29) is 22.8 Å². The van der Waals surface area contributed by atoms with Crippen LogP contribution in [0.15, 0.2) is 58.4 Å². The molecule has 0 aliphatic carbocycles. The number of aromatic nitrogens is 4. The number of benzene rings is 2. The fraction of sp³-hybridized carbons (Fsp3) is 0.105. The van der Waals surface area contributed by atoms with Crippen molar-refractivity contribution in [2.45, 2.75) is 13.5 Å². The minimum Gasteiger partial charge on any atom is -0.279 e. The third-order valence-electron chi connectivity index (χ3n) is 4.51. The van der Waals surface area contributed by atoms with Crippen LogP contribution in [0.25, 0.3) is 11.3 Å². The summed E-state index contributed by atoms with van der Waals surface area (Å²) in [6.45, 7) is 1.60. The fourth-order valence-electron chi connectivity index (χ4n) is 2.99. The van der Waals surface area contributed by atoms with Crippen LogP contribution in [0.5, 0.6) is 0 Å². The van der Waals surface area contributed by atoms with E-state index in [0.29, 0.717) is 10.7 Å². The quantitative estimate of drug-likeness (QED) is 0.511. The van der Waals surface area contributed by atoms with Gasteiger partial charge in [-0.05, 0) is 36.8 Å². The number of hydrogen-bond donors (Lipinski definition) is 0. The van der Waals surface area contributed by atoms with E-state index in [1.54, 1.807) is 25.1 Å². The highest BCUT2D eigenvalue weighted by molar-refractivity contribution is 6.31. The van der Waals surface area contributed by atoms with Gasteiger partial charge in [-0.2, -0.15) is 0 Å². The van der Waals surface area contributed by atoms with E-state index in [0.717, 1.165) is 14.6 Å². The highest BCUT2D eigenvalue weighted by atomic mass is 35.5. The Hall–Kier alpha value is -2.90. The van der Waals surface area contributed by atoms with Gasteiger partial charge in [-0.25, -0.2) is 18.3 Å². The van der Waals surface area contributed by atoms with Gasteiger partial charge in [0.2, 0.25) is 5.65 Å². The molecule has 0 amide bonds. The van der Waals surface area contributed by atoms with E-state index in [1.807, 2.05) is 0 Å². The average Bonchev–Trinajstić information content (AvgIpc) is 2.98. The van der Waals surface area contributed by atoms with Gasteiger partial charge in [-0.1, -0.05) is 35.3 Å². The first-order valence-electron chi connectivity index (χ1n) is 8.27. The molecule has 0 unspecified atom stereocenters. The lowest BCUT2D eigenvalue weighted by Crippen LogP contribution is -2.24. The summed E-state index contributed by atoms with van der Waals surface area (Å²) in [5, 5.41) is 4.80. The van der Waals surface area contributed by atoms with Crippen molar-refractivity contribution in [3.63, 3.8) is 0 Å². The maximum atomic E-state index is 14.1. The summed E-state index contributed by atoms with van der Waals surface area (Å²) in [4.78, 5) is 25.5. The Morgan fingerprint density at radius 1 is 1.04 bits per heavy atom. The first kappa shape index (κ1) is 18.5. The summed E-state index contributed by atoms with van der Waals surface area (Å²) in [6.07, 6.45) is 2.91. The van der Waals surface area contributed by atoms with Crippen LogP contribution in [0.1, 0.15) is 11.1 Å². The van der Waals surface area contributed by atoms with Crippen molar-refractivity contribution >= 4 is 28.8 Å². The number of nitrogens with zero attached hydrogens (tertiary/aromatic N) is 4. The normalized spacial score (nSPS) is 11.3. The van der Waals surface area contributed by atoms with E-state index in [4.69, 9.17) is 23.2 Å². The van der Waals surface area contributed by atoms with Gasteiger partial charge in [0.05, 0.1) is 12.2 Å². The molecule has 2 aromatic carbocycles. The van der Waals surface area contributed by atoms with Crippen LogP contribution in [0, 0.1) is 12.7 Å². The third-order valence-corrected chi connectivity index (χ3v) is 5.28. The van der Waals surface area contributed by atoms with Crippen LogP contribution in [0.4, 0.5) is 4.39 Å². The van der Waals surface area contributed by atoms with Crippen molar-refractivity contribution in [2.75, 3.05) is 0 Å². The van der Waals surface area contributed by atoms with Crippen molar-refractivity contribution in [2.24, 2.45) is 0 Å². The van der Waals surface area contributed by atoms with Crippen molar-refractivity contribution in [3.05, 3.63) is 96.6 Å². The fourth-order valence-corrected chi connectivity index (χ4v) is 3.38. The van der Waals surface area contributed by atoms with Gasteiger partial charge < -0.3 is 0 Å². The van der Waals surface area contributed by atoms with Gasteiger partial charge in [-0.15, -0.1) is 5.10 Å². The molecule has 6 nitrogen and oxygen atoms in total. The molecule has 4 rings (SSSR count). The first-order chi connectivity index (χ1) is 13.4. The topological polar surface area (TPSA) is 61.3 Å². The second kappa shape index (κ2) is 6.92. The van der Waals surface area contributed by atoms with Gasteiger partial charge in [0.1, 0.15) is 5.82 Å². The molecule has 0 fully saturated rings. The number of fused-ring (bicyclic) bond motifs is 1. The van der Waals surface area contributed by atoms with E-state index in [9.17, 15) is 14.0 Å². The lowest BCUT2D eigenvalue weighted by Gasteiger charge is -2.09. The summed E-state index contributed by atoms with van der Waals surface area (Å²) in [5.74, 6) is -0.552. The molecule has 0 bridgehead atoms. The van der Waals surface area contributed by atoms with Crippen molar-refractivity contribution in [1.82, 2.24) is 18.7 Å². The zero-order valence-corrected chi connectivity index (χ0v) is 16.1. The minimum atomic E-state index is -0.568. The second-order valence-electron chi connectivity index (χ2n) is 6.19. The van der Waals surface area contributed by atoms with Crippen LogP contribution in [-0.4, -0.2) is 18.7 Å². The first-order valence-corrected chi connectivity index (χ1v) is 9.03. The van der Waals surface area contributed by atoms with Crippen LogP contribution in [0.2, 0.25) is 10.0 Å². The molecule has 142 valence electrons. The second-order valence-corrected chi connectivity index (χ2v) is 7.01. The van der Waals surface area contributed by atoms with Crippen LogP contribution in [0.3, 0.4) is 0 Å². The van der Waals surface area contributed by atoms with Crippen molar-refractivity contribution < 1.29 is 4.39 Å². The molecular weight excluding hydrogens is 406 g/mol. The molecule has 0 spiro atoms. The molecule has 0 N–H and O–H groups in total. The molecule has 9 heteroatoms. The summed E-state index contributed by atoms with van der Waals surface area (Å²) in [7, 11) is 0. The molecule has 0 radical (unpaired) electrons. The Morgan fingerprint density at radius 3 is 2.50 bits per heavy atom. The Labute approximate surface area is 168 Å². The third kappa shape index (κ3) is 2.93. The monoisotopic (exact) mass is 418 g/mol. The highest BCUT2D eigenvalue weighted by Crippen LogP contribution is 2.21. The number of halogens is 3. The molecule has 0 saturated heterocycles. The predicted molar refractivity (Wildman–Crippen MR) is 105 cm³/mol. The van der Waals surface area contributed by atoms with Gasteiger partial charge in [0.15, 0.2) is 0 Å². The summed E-state index contributed by atoms with van der Waals surface area (Å²) < 4.78 is 17.6. The van der Waals surface area contributed by atoms with Crippen molar-refractivity contribution in [3.8, 4) is 5.69 Å². The maximum Gasteiger partial charge on any atom is 0.350 e. The standard InChI is InChI=1S/C19H13Cl2FN4O2/c1-11-13(20)4-3-7-16(11)24-8-9-25-17(18(24)27)23-26(19(25)28)10-12-14(21)5-2-6-15(12)22/h2-9H,10H2,1H3. The molecule has 2 aromatic heterocycles. The highest BCUT2D eigenvalue weighted by Gasteiger charge is 2.16. The Balaban J connectivity index is 1.88. The van der Waals surface area contributed by atoms with E-state index >= 15 is 0 Å². The van der Waals surface area contributed by atoms with Gasteiger partial charge in [-0.3, -0.25) is 9.36 Å². The smallest absolute Gasteiger partial charge is 0.279 e. The summed E-state index contributed by atoms with van der Waals surface area (Å²) >= 11 is 12.2. The Morgan fingerprint density at radius 2 is 1.75 bits per heavy atom. The molecule has 4 aromatic rings. The average molecular weight is 419 g/mol. The molecule has 0 aliphatic rings. The van der Waals surface area contributed by atoms with Gasteiger partial charge >= 0.3 is 11.2 Å². The summed E-state index contributed by atoms with van der Waals surface area (Å²) in [6, 6.07) is 9.44. The van der Waals surface area contributed by atoms with Gasteiger partial charge in [0, 0.05) is 28.0 Å². The van der Waals surface area contributed by atoms with E-state index in [1.165, 1.54) is 35.2 Å². The molecular formula is C19H13Cl2FN4O2.